The highest BCUT2D eigenvalue weighted by molar-refractivity contribution is 8.01. The molecule has 2 saturated heterocycles. The van der Waals surface area contributed by atoms with E-state index < -0.39 is 6.04 Å². The number of rotatable bonds is 5. The number of para-hydroxylation sites is 2. The number of carbonyl (C=O) groups is 2. The number of amides is 2. The molecule has 2 amide bonds. The van der Waals surface area contributed by atoms with E-state index in [1.807, 2.05) is 38.1 Å². The molecule has 5 nitrogen and oxygen atoms in total. The SMILES string of the molecule is CCCOc1ccccc1NC(=O)C1CSC2(C)CCC(=O)N12. The van der Waals surface area contributed by atoms with E-state index in [1.54, 1.807) is 16.7 Å². The van der Waals surface area contributed by atoms with E-state index in [0.717, 1.165) is 12.8 Å². The highest BCUT2D eigenvalue weighted by atomic mass is 32.2. The van der Waals surface area contributed by atoms with Gasteiger partial charge in [-0.15, -0.1) is 11.8 Å². The van der Waals surface area contributed by atoms with Crippen LogP contribution in [-0.2, 0) is 9.59 Å². The van der Waals surface area contributed by atoms with Crippen LogP contribution in [0.5, 0.6) is 5.75 Å². The van der Waals surface area contributed by atoms with Gasteiger partial charge in [0.05, 0.1) is 17.2 Å². The first-order chi connectivity index (χ1) is 11.0. The normalized spacial score (nSPS) is 26.3. The molecular weight excluding hydrogens is 312 g/mol. The second-order valence-corrected chi connectivity index (χ2v) is 7.60. The average molecular weight is 334 g/mol. The van der Waals surface area contributed by atoms with E-state index in [9.17, 15) is 9.59 Å². The lowest BCUT2D eigenvalue weighted by Crippen LogP contribution is -2.48. The van der Waals surface area contributed by atoms with Crippen LogP contribution in [0.4, 0.5) is 5.69 Å². The number of nitrogens with one attached hydrogen (secondary N) is 1. The molecular formula is C17H22N2O3S. The molecule has 0 radical (unpaired) electrons. The van der Waals surface area contributed by atoms with Crippen molar-refractivity contribution in [3.05, 3.63) is 24.3 Å². The van der Waals surface area contributed by atoms with Gasteiger partial charge in [0, 0.05) is 12.2 Å². The topological polar surface area (TPSA) is 58.6 Å². The summed E-state index contributed by atoms with van der Waals surface area (Å²) in [5.74, 6) is 1.26. The molecule has 23 heavy (non-hydrogen) atoms. The van der Waals surface area contributed by atoms with Gasteiger partial charge in [0.15, 0.2) is 0 Å². The monoisotopic (exact) mass is 334 g/mol. The van der Waals surface area contributed by atoms with Gasteiger partial charge in [0.2, 0.25) is 11.8 Å². The number of carbonyl (C=O) groups excluding carboxylic acids is 2. The third-order valence-corrected chi connectivity index (χ3v) is 5.86. The Kier molecular flexibility index (Phi) is 4.53. The molecule has 0 bridgehead atoms. The van der Waals surface area contributed by atoms with Crippen LogP contribution in [0.2, 0.25) is 0 Å². The number of hydrogen-bond acceptors (Lipinski definition) is 4. The summed E-state index contributed by atoms with van der Waals surface area (Å²) in [5.41, 5.74) is 0.663. The number of anilines is 1. The van der Waals surface area contributed by atoms with Gasteiger partial charge >= 0.3 is 0 Å². The van der Waals surface area contributed by atoms with Crippen molar-refractivity contribution in [3.8, 4) is 5.75 Å². The Bertz CT molecular complexity index is 622. The van der Waals surface area contributed by atoms with Crippen LogP contribution in [0.15, 0.2) is 24.3 Å². The molecule has 1 N–H and O–H groups in total. The van der Waals surface area contributed by atoms with Crippen molar-refractivity contribution in [2.45, 2.75) is 44.0 Å². The molecule has 0 aliphatic carbocycles. The van der Waals surface area contributed by atoms with Gasteiger partial charge in [-0.05, 0) is 31.9 Å². The zero-order chi connectivity index (χ0) is 16.4. The predicted octanol–water partition coefficient (Wildman–Crippen LogP) is 2.87. The number of nitrogens with zero attached hydrogens (tertiary/aromatic N) is 1. The quantitative estimate of drug-likeness (QED) is 0.899. The van der Waals surface area contributed by atoms with E-state index in [2.05, 4.69) is 5.32 Å². The van der Waals surface area contributed by atoms with Crippen LogP contribution in [0, 0.1) is 0 Å². The molecule has 6 heteroatoms. The van der Waals surface area contributed by atoms with Crippen LogP contribution in [0.1, 0.15) is 33.1 Å². The standard InChI is InChI=1S/C17H22N2O3S/c1-3-10-22-14-7-5-4-6-12(14)18-16(21)13-11-23-17(2)9-8-15(20)19(13)17/h4-7,13H,3,8-11H2,1-2H3,(H,18,21). The van der Waals surface area contributed by atoms with E-state index >= 15 is 0 Å². The van der Waals surface area contributed by atoms with E-state index in [1.165, 1.54) is 0 Å². The summed E-state index contributed by atoms with van der Waals surface area (Å²) in [6, 6.07) is 7.02. The fraction of sp³-hybridized carbons (Fsp3) is 0.529. The first kappa shape index (κ1) is 16.2. The van der Waals surface area contributed by atoms with Crippen LogP contribution in [0.3, 0.4) is 0 Å². The summed E-state index contributed by atoms with van der Waals surface area (Å²) >= 11 is 1.70. The van der Waals surface area contributed by atoms with Crippen LogP contribution in [0.25, 0.3) is 0 Å². The predicted molar refractivity (Wildman–Crippen MR) is 91.6 cm³/mol. The Morgan fingerprint density at radius 3 is 3.04 bits per heavy atom. The Labute approximate surface area is 140 Å². The maximum atomic E-state index is 12.7. The van der Waals surface area contributed by atoms with E-state index in [4.69, 9.17) is 4.74 Å². The molecule has 2 aliphatic heterocycles. The second-order valence-electron chi connectivity index (χ2n) is 6.10. The lowest BCUT2D eigenvalue weighted by molar-refractivity contribution is -0.135. The molecule has 124 valence electrons. The lowest BCUT2D eigenvalue weighted by atomic mass is 10.2. The molecule has 0 spiro atoms. The van der Waals surface area contributed by atoms with Gasteiger partial charge in [-0.3, -0.25) is 9.59 Å². The molecule has 1 aromatic rings. The fourth-order valence-corrected chi connectivity index (χ4v) is 4.57. The Hall–Kier alpha value is -1.69. The van der Waals surface area contributed by atoms with Crippen molar-refractivity contribution < 1.29 is 14.3 Å². The Morgan fingerprint density at radius 2 is 2.26 bits per heavy atom. The zero-order valence-corrected chi connectivity index (χ0v) is 14.3. The molecule has 2 fully saturated rings. The summed E-state index contributed by atoms with van der Waals surface area (Å²) in [4.78, 5) is 26.4. The summed E-state index contributed by atoms with van der Waals surface area (Å²) in [7, 11) is 0. The van der Waals surface area contributed by atoms with Crippen LogP contribution in [-0.4, -0.2) is 40.0 Å². The number of fused-ring (bicyclic) bond motifs is 1. The molecule has 0 saturated carbocycles. The van der Waals surface area contributed by atoms with Gasteiger partial charge in [-0.25, -0.2) is 0 Å². The first-order valence-corrected chi connectivity index (χ1v) is 9.02. The second kappa shape index (κ2) is 6.43. The summed E-state index contributed by atoms with van der Waals surface area (Å²) < 4.78 is 5.68. The minimum atomic E-state index is -0.403. The third-order valence-electron chi connectivity index (χ3n) is 4.35. The molecule has 2 unspecified atom stereocenters. The largest absolute Gasteiger partial charge is 0.491 e. The molecule has 0 aromatic heterocycles. The van der Waals surface area contributed by atoms with E-state index in [-0.39, 0.29) is 16.7 Å². The molecule has 2 heterocycles. The number of ether oxygens (including phenoxy) is 1. The van der Waals surface area contributed by atoms with E-state index in [0.29, 0.717) is 30.2 Å². The molecule has 2 atom stereocenters. The molecule has 3 rings (SSSR count). The summed E-state index contributed by atoms with van der Waals surface area (Å²) in [6.45, 7) is 4.69. The van der Waals surface area contributed by atoms with Crippen molar-refractivity contribution >= 4 is 29.3 Å². The Morgan fingerprint density at radius 1 is 1.48 bits per heavy atom. The molecule has 1 aromatic carbocycles. The zero-order valence-electron chi connectivity index (χ0n) is 13.5. The highest BCUT2D eigenvalue weighted by Crippen LogP contribution is 2.47. The van der Waals surface area contributed by atoms with Crippen molar-refractivity contribution in [2.75, 3.05) is 17.7 Å². The number of benzene rings is 1. The first-order valence-electron chi connectivity index (χ1n) is 8.04. The Balaban J connectivity index is 1.74. The van der Waals surface area contributed by atoms with Crippen molar-refractivity contribution in [1.82, 2.24) is 4.90 Å². The van der Waals surface area contributed by atoms with Crippen molar-refractivity contribution in [2.24, 2.45) is 0 Å². The van der Waals surface area contributed by atoms with Gasteiger partial charge in [-0.2, -0.15) is 0 Å². The lowest BCUT2D eigenvalue weighted by Gasteiger charge is -2.30. The highest BCUT2D eigenvalue weighted by Gasteiger charge is 2.52. The van der Waals surface area contributed by atoms with Gasteiger partial charge in [0.1, 0.15) is 11.8 Å². The smallest absolute Gasteiger partial charge is 0.248 e. The average Bonchev–Trinajstić information content (AvgIpc) is 3.03. The van der Waals surface area contributed by atoms with Gasteiger partial charge in [-0.1, -0.05) is 19.1 Å². The maximum absolute atomic E-state index is 12.7. The minimum absolute atomic E-state index is 0.0770. The van der Waals surface area contributed by atoms with Crippen LogP contribution >= 0.6 is 11.8 Å². The van der Waals surface area contributed by atoms with Crippen molar-refractivity contribution in [3.63, 3.8) is 0 Å². The summed E-state index contributed by atoms with van der Waals surface area (Å²) in [6.07, 6.45) is 2.25. The number of thioether (sulfide) groups is 1. The fourth-order valence-electron chi connectivity index (χ4n) is 3.14. The molecule has 2 aliphatic rings. The third kappa shape index (κ3) is 3.04. The van der Waals surface area contributed by atoms with Gasteiger partial charge < -0.3 is 15.0 Å². The maximum Gasteiger partial charge on any atom is 0.248 e. The summed E-state index contributed by atoms with van der Waals surface area (Å²) in [5, 5.41) is 2.94. The minimum Gasteiger partial charge on any atom is -0.491 e. The van der Waals surface area contributed by atoms with Gasteiger partial charge in [0.25, 0.3) is 0 Å². The van der Waals surface area contributed by atoms with Crippen molar-refractivity contribution in [1.29, 1.82) is 0 Å². The van der Waals surface area contributed by atoms with Crippen LogP contribution < -0.4 is 10.1 Å². The number of hydrogen-bond donors (Lipinski definition) is 1.